The number of carbonyl (C=O) groups excluding carboxylic acids is 2. The van der Waals surface area contributed by atoms with Crippen LogP contribution in [0.2, 0.25) is 0 Å². The molecule has 9 heteroatoms. The summed E-state index contributed by atoms with van der Waals surface area (Å²) in [6.07, 6.45) is -1.67. The van der Waals surface area contributed by atoms with E-state index in [0.29, 0.717) is 24.0 Å². The molecule has 0 unspecified atom stereocenters. The first-order valence-electron chi connectivity index (χ1n) is 7.84. The van der Waals surface area contributed by atoms with E-state index in [1.54, 1.807) is 18.3 Å². The van der Waals surface area contributed by atoms with Crippen LogP contribution in [-0.4, -0.2) is 42.9 Å². The van der Waals surface area contributed by atoms with Crippen LogP contribution in [0.5, 0.6) is 11.5 Å². The summed E-state index contributed by atoms with van der Waals surface area (Å²) in [5, 5.41) is 0. The van der Waals surface area contributed by atoms with Gasteiger partial charge in [0.2, 0.25) is 0 Å². The Kier molecular flexibility index (Phi) is 6.14. The van der Waals surface area contributed by atoms with Gasteiger partial charge in [0.25, 0.3) is 0 Å². The van der Waals surface area contributed by atoms with Crippen LogP contribution in [0.25, 0.3) is 0 Å². The first-order chi connectivity index (χ1) is 12.8. The normalized spacial score (nSPS) is 14.4. The molecule has 2 heterocycles. The lowest BCUT2D eigenvalue weighted by molar-refractivity contribution is -0.161. The van der Waals surface area contributed by atoms with Crippen LogP contribution in [0.15, 0.2) is 30.5 Å². The third-order valence-electron chi connectivity index (χ3n) is 4.13. The van der Waals surface area contributed by atoms with Crippen molar-refractivity contribution >= 4 is 12.6 Å². The van der Waals surface area contributed by atoms with E-state index in [4.69, 9.17) is 9.47 Å². The second-order valence-electron chi connectivity index (χ2n) is 5.69. The Balaban J connectivity index is 0.000000223. The minimum absolute atomic E-state index is 0.0220. The molecule has 1 fully saturated rings. The first kappa shape index (κ1) is 20.3. The molecule has 0 saturated heterocycles. The van der Waals surface area contributed by atoms with Gasteiger partial charge in [-0.2, -0.15) is 13.2 Å². The van der Waals surface area contributed by atoms with Gasteiger partial charge in [-0.25, -0.2) is 9.97 Å². The van der Waals surface area contributed by atoms with Crippen molar-refractivity contribution < 1.29 is 32.2 Å². The molecule has 1 aliphatic rings. The standard InChI is InChI=1S/C11H10F3NO2.C7H7NO2/c1-17-8-2-3-9(15-7(8)6-16)10(4-5-10)11(12,13)14;1-10-7-3-2-4-8-6(7)5-9/h2-3,6H,4-5H2,1H3;2-5H,1H3. The lowest BCUT2D eigenvalue weighted by Crippen LogP contribution is -2.29. The van der Waals surface area contributed by atoms with Crippen LogP contribution in [0, 0.1) is 0 Å². The number of ether oxygens (including phenoxy) is 2. The van der Waals surface area contributed by atoms with Gasteiger partial charge in [0.05, 0.1) is 19.9 Å². The maximum Gasteiger partial charge on any atom is 0.399 e. The van der Waals surface area contributed by atoms with E-state index in [1.807, 2.05) is 0 Å². The number of aromatic nitrogens is 2. The SMILES string of the molecule is COc1ccc(C2(C(F)(F)F)CC2)nc1C=O.COc1cccnc1C=O. The zero-order valence-corrected chi connectivity index (χ0v) is 14.6. The number of halogens is 3. The molecule has 0 spiro atoms. The van der Waals surface area contributed by atoms with Gasteiger partial charge < -0.3 is 9.47 Å². The molecule has 2 aromatic rings. The molecule has 0 aromatic carbocycles. The van der Waals surface area contributed by atoms with Crippen LogP contribution in [-0.2, 0) is 5.41 Å². The van der Waals surface area contributed by atoms with Crippen molar-refractivity contribution in [1.82, 2.24) is 9.97 Å². The predicted octanol–water partition coefficient (Wildman–Crippen LogP) is 3.40. The third kappa shape index (κ3) is 4.24. The third-order valence-corrected chi connectivity index (χ3v) is 4.13. The highest BCUT2D eigenvalue weighted by Gasteiger charge is 2.65. The Hall–Kier alpha value is -2.97. The lowest BCUT2D eigenvalue weighted by Gasteiger charge is -2.19. The van der Waals surface area contributed by atoms with Gasteiger partial charge in [0.1, 0.15) is 28.3 Å². The average Bonchev–Trinajstić information content (AvgIpc) is 3.50. The topological polar surface area (TPSA) is 78.4 Å². The highest BCUT2D eigenvalue weighted by molar-refractivity contribution is 5.76. The van der Waals surface area contributed by atoms with Crippen LogP contribution in [0.1, 0.15) is 39.5 Å². The van der Waals surface area contributed by atoms with Crippen molar-refractivity contribution in [1.29, 1.82) is 0 Å². The molecule has 3 rings (SSSR count). The van der Waals surface area contributed by atoms with Crippen LogP contribution in [0.3, 0.4) is 0 Å². The Morgan fingerprint density at radius 2 is 1.59 bits per heavy atom. The number of nitrogens with zero attached hydrogens (tertiary/aromatic N) is 2. The molecular formula is C18H17F3N2O4. The number of hydrogen-bond donors (Lipinski definition) is 0. The smallest absolute Gasteiger partial charge is 0.399 e. The van der Waals surface area contributed by atoms with Crippen molar-refractivity contribution in [3.63, 3.8) is 0 Å². The highest BCUT2D eigenvalue weighted by Crippen LogP contribution is 2.58. The van der Waals surface area contributed by atoms with Crippen LogP contribution >= 0.6 is 0 Å². The zero-order valence-electron chi connectivity index (χ0n) is 14.6. The molecule has 27 heavy (non-hydrogen) atoms. The number of rotatable bonds is 5. The molecule has 144 valence electrons. The van der Waals surface area contributed by atoms with Gasteiger partial charge in [-0.3, -0.25) is 9.59 Å². The summed E-state index contributed by atoms with van der Waals surface area (Å²) in [6.45, 7) is 0. The van der Waals surface area contributed by atoms with Gasteiger partial charge in [0, 0.05) is 6.20 Å². The maximum absolute atomic E-state index is 12.8. The van der Waals surface area contributed by atoms with Crippen LogP contribution < -0.4 is 9.47 Å². The zero-order chi connectivity index (χ0) is 20.1. The van der Waals surface area contributed by atoms with E-state index >= 15 is 0 Å². The van der Waals surface area contributed by atoms with Gasteiger partial charge in [-0.15, -0.1) is 0 Å². The summed E-state index contributed by atoms with van der Waals surface area (Å²) >= 11 is 0. The van der Waals surface area contributed by atoms with E-state index in [9.17, 15) is 22.8 Å². The molecular weight excluding hydrogens is 365 g/mol. The highest BCUT2D eigenvalue weighted by atomic mass is 19.4. The summed E-state index contributed by atoms with van der Waals surface area (Å²) in [4.78, 5) is 28.5. The lowest BCUT2D eigenvalue weighted by atomic mass is 10.0. The Morgan fingerprint density at radius 3 is 2.04 bits per heavy atom. The minimum Gasteiger partial charge on any atom is -0.494 e. The Bertz CT molecular complexity index is 820. The fourth-order valence-corrected chi connectivity index (χ4v) is 2.46. The fraction of sp³-hybridized carbons (Fsp3) is 0.333. The Labute approximate surface area is 153 Å². The summed E-state index contributed by atoms with van der Waals surface area (Å²) in [5.41, 5.74) is -1.73. The number of methoxy groups -OCH3 is 2. The minimum atomic E-state index is -4.32. The number of carbonyl (C=O) groups is 2. The number of alkyl halides is 3. The average molecular weight is 382 g/mol. The van der Waals surface area contributed by atoms with Gasteiger partial charge >= 0.3 is 6.18 Å². The molecule has 0 atom stereocenters. The van der Waals surface area contributed by atoms with Crippen molar-refractivity contribution in [2.24, 2.45) is 0 Å². The predicted molar refractivity (Wildman–Crippen MR) is 89.3 cm³/mol. The number of aldehydes is 2. The largest absolute Gasteiger partial charge is 0.494 e. The van der Waals surface area contributed by atoms with Crippen molar-refractivity contribution in [2.45, 2.75) is 24.4 Å². The maximum atomic E-state index is 12.8. The Morgan fingerprint density at radius 1 is 1.00 bits per heavy atom. The summed E-state index contributed by atoms with van der Waals surface area (Å²) in [5.74, 6) is 0.694. The quantitative estimate of drug-likeness (QED) is 0.738. The molecule has 0 radical (unpaired) electrons. The van der Waals surface area contributed by atoms with Gasteiger partial charge in [0.15, 0.2) is 12.6 Å². The van der Waals surface area contributed by atoms with Crippen molar-refractivity contribution in [3.05, 3.63) is 47.5 Å². The van der Waals surface area contributed by atoms with Crippen LogP contribution in [0.4, 0.5) is 13.2 Å². The monoisotopic (exact) mass is 382 g/mol. The number of pyridine rings is 2. The second-order valence-corrected chi connectivity index (χ2v) is 5.69. The molecule has 0 bridgehead atoms. The molecule has 6 nitrogen and oxygen atoms in total. The second kappa shape index (κ2) is 8.15. The van der Waals surface area contributed by atoms with E-state index in [1.165, 1.54) is 26.4 Å². The first-order valence-corrected chi connectivity index (χ1v) is 7.84. The van der Waals surface area contributed by atoms with E-state index in [-0.39, 0.29) is 30.0 Å². The van der Waals surface area contributed by atoms with E-state index in [0.717, 1.165) is 0 Å². The summed E-state index contributed by atoms with van der Waals surface area (Å²) in [7, 11) is 2.84. The van der Waals surface area contributed by atoms with E-state index in [2.05, 4.69) is 9.97 Å². The molecule has 1 aliphatic carbocycles. The molecule has 0 amide bonds. The molecule has 2 aromatic heterocycles. The molecule has 0 aliphatic heterocycles. The van der Waals surface area contributed by atoms with Crippen molar-refractivity contribution in [3.8, 4) is 11.5 Å². The van der Waals surface area contributed by atoms with Crippen molar-refractivity contribution in [2.75, 3.05) is 14.2 Å². The fourth-order valence-electron chi connectivity index (χ4n) is 2.46. The summed E-state index contributed by atoms with van der Waals surface area (Å²) < 4.78 is 48.2. The summed E-state index contributed by atoms with van der Waals surface area (Å²) in [6, 6.07) is 6.02. The van der Waals surface area contributed by atoms with E-state index < -0.39 is 11.6 Å². The molecule has 0 N–H and O–H groups in total. The van der Waals surface area contributed by atoms with Gasteiger partial charge in [-0.05, 0) is 37.1 Å². The molecule has 1 saturated carbocycles. The van der Waals surface area contributed by atoms with Gasteiger partial charge in [-0.1, -0.05) is 0 Å². The number of hydrogen-bond acceptors (Lipinski definition) is 6.